The van der Waals surface area contributed by atoms with Crippen molar-refractivity contribution < 1.29 is 9.59 Å². The fourth-order valence-corrected chi connectivity index (χ4v) is 4.82. The lowest BCUT2D eigenvalue weighted by molar-refractivity contribution is 0.101. The van der Waals surface area contributed by atoms with Crippen molar-refractivity contribution in [3.63, 3.8) is 0 Å². The number of nitrogens with one attached hydrogen (secondary N) is 4. The predicted octanol–water partition coefficient (Wildman–Crippen LogP) is 3.32. The van der Waals surface area contributed by atoms with Gasteiger partial charge in [-0.3, -0.25) is 9.59 Å². The summed E-state index contributed by atoms with van der Waals surface area (Å²) in [7, 11) is 0. The molecule has 0 unspecified atom stereocenters. The molecule has 2 aliphatic rings. The summed E-state index contributed by atoms with van der Waals surface area (Å²) in [4.78, 5) is 30.4. The molecule has 0 aromatic heterocycles. The fraction of sp³-hybridized carbons (Fsp3) is 0.310. The maximum Gasteiger partial charge on any atom is 0.255 e. The third kappa shape index (κ3) is 6.10. The van der Waals surface area contributed by atoms with Crippen molar-refractivity contribution in [1.82, 2.24) is 10.6 Å². The van der Waals surface area contributed by atoms with Crippen molar-refractivity contribution in [3.05, 3.63) is 83.4 Å². The van der Waals surface area contributed by atoms with Crippen molar-refractivity contribution in [1.29, 1.82) is 0 Å². The standard InChI is InChI=1S/C29H34N6O2/c1-21-20-22(28(36)32-23-3-7-25(8-4-23)34-16-12-30-13-17-34)2-11-27(21)29(37)33-24-5-9-26(10-6-24)35-18-14-31-15-19-35/h2-11,20,30-31H,12-19H2,1H3,(H,32,36)(H,33,37). The Morgan fingerprint density at radius 2 is 1.11 bits per heavy atom. The van der Waals surface area contributed by atoms with E-state index in [-0.39, 0.29) is 11.8 Å². The number of hydrogen-bond donors (Lipinski definition) is 4. The number of aryl methyl sites for hydroxylation is 1. The minimum atomic E-state index is -0.200. The zero-order valence-electron chi connectivity index (χ0n) is 21.2. The van der Waals surface area contributed by atoms with Gasteiger partial charge in [0, 0.05) is 86.2 Å². The Morgan fingerprint density at radius 1 is 0.649 bits per heavy atom. The minimum absolute atomic E-state index is 0.192. The van der Waals surface area contributed by atoms with E-state index in [4.69, 9.17) is 0 Å². The second kappa shape index (κ2) is 11.5. The van der Waals surface area contributed by atoms with Crippen LogP contribution in [-0.4, -0.2) is 64.2 Å². The van der Waals surface area contributed by atoms with E-state index < -0.39 is 0 Å². The van der Waals surface area contributed by atoms with Crippen molar-refractivity contribution in [2.75, 3.05) is 72.8 Å². The van der Waals surface area contributed by atoms with Gasteiger partial charge in [0.05, 0.1) is 0 Å². The number of carbonyl (C=O) groups excluding carboxylic acids is 2. The molecule has 8 nitrogen and oxygen atoms in total. The predicted molar refractivity (Wildman–Crippen MR) is 150 cm³/mol. The van der Waals surface area contributed by atoms with Gasteiger partial charge in [-0.2, -0.15) is 0 Å². The van der Waals surface area contributed by atoms with Crippen molar-refractivity contribution in [2.24, 2.45) is 0 Å². The van der Waals surface area contributed by atoms with Crippen LogP contribution in [0.1, 0.15) is 26.3 Å². The molecule has 0 atom stereocenters. The van der Waals surface area contributed by atoms with Gasteiger partial charge in [-0.15, -0.1) is 0 Å². The van der Waals surface area contributed by atoms with Gasteiger partial charge in [0.15, 0.2) is 0 Å². The third-order valence-electron chi connectivity index (χ3n) is 6.95. The van der Waals surface area contributed by atoms with Gasteiger partial charge < -0.3 is 31.1 Å². The first kappa shape index (κ1) is 24.8. The Hall–Kier alpha value is -3.88. The molecule has 0 aliphatic carbocycles. The number of piperazine rings is 2. The van der Waals surface area contributed by atoms with Crippen molar-refractivity contribution >= 4 is 34.6 Å². The molecule has 2 amide bonds. The Balaban J connectivity index is 1.19. The summed E-state index contributed by atoms with van der Waals surface area (Å²) in [6, 6.07) is 21.0. The molecule has 2 heterocycles. The van der Waals surface area contributed by atoms with Gasteiger partial charge in [-0.05, 0) is 79.2 Å². The molecule has 8 heteroatoms. The zero-order chi connectivity index (χ0) is 25.6. The van der Waals surface area contributed by atoms with E-state index in [1.54, 1.807) is 18.2 Å². The van der Waals surface area contributed by atoms with Gasteiger partial charge in [-0.25, -0.2) is 0 Å². The summed E-state index contributed by atoms with van der Waals surface area (Å²) in [5, 5.41) is 12.6. The van der Waals surface area contributed by atoms with Gasteiger partial charge in [0.1, 0.15) is 0 Å². The minimum Gasteiger partial charge on any atom is -0.369 e. The first-order valence-electron chi connectivity index (χ1n) is 12.9. The maximum atomic E-state index is 12.9. The molecule has 2 fully saturated rings. The lowest BCUT2D eigenvalue weighted by Gasteiger charge is -2.29. The molecule has 192 valence electrons. The quantitative estimate of drug-likeness (QED) is 0.417. The summed E-state index contributed by atoms with van der Waals surface area (Å²) < 4.78 is 0. The van der Waals surface area contributed by atoms with Gasteiger partial charge in [0.2, 0.25) is 0 Å². The van der Waals surface area contributed by atoms with Gasteiger partial charge in [-0.1, -0.05) is 0 Å². The SMILES string of the molecule is Cc1cc(C(=O)Nc2ccc(N3CCNCC3)cc2)ccc1C(=O)Nc1ccc(N2CCNCC2)cc1. The van der Waals surface area contributed by atoms with E-state index in [0.717, 1.165) is 80.7 Å². The van der Waals surface area contributed by atoms with E-state index in [9.17, 15) is 9.59 Å². The molecular weight excluding hydrogens is 464 g/mol. The number of rotatable bonds is 6. The highest BCUT2D eigenvalue weighted by atomic mass is 16.2. The van der Waals surface area contributed by atoms with Gasteiger partial charge in [0.25, 0.3) is 11.8 Å². The number of hydrogen-bond acceptors (Lipinski definition) is 6. The lowest BCUT2D eigenvalue weighted by Crippen LogP contribution is -2.43. The third-order valence-corrected chi connectivity index (χ3v) is 6.95. The second-order valence-electron chi connectivity index (χ2n) is 9.51. The smallest absolute Gasteiger partial charge is 0.255 e. The Kier molecular flexibility index (Phi) is 7.67. The zero-order valence-corrected chi connectivity index (χ0v) is 21.2. The summed E-state index contributed by atoms with van der Waals surface area (Å²) in [5.74, 6) is -0.392. The van der Waals surface area contributed by atoms with Crippen LogP contribution in [0.25, 0.3) is 0 Å². The molecule has 0 bridgehead atoms. The van der Waals surface area contributed by atoms with Crippen LogP contribution in [0, 0.1) is 6.92 Å². The fourth-order valence-electron chi connectivity index (χ4n) is 4.82. The molecule has 37 heavy (non-hydrogen) atoms. The maximum absolute atomic E-state index is 12.9. The Bertz CT molecular complexity index is 1230. The monoisotopic (exact) mass is 498 g/mol. The molecule has 0 radical (unpaired) electrons. The van der Waals surface area contributed by atoms with E-state index in [2.05, 4.69) is 31.1 Å². The van der Waals surface area contributed by atoms with Crippen LogP contribution in [0.3, 0.4) is 0 Å². The first-order chi connectivity index (χ1) is 18.1. The number of amides is 2. The molecule has 0 saturated carbocycles. The summed E-state index contributed by atoms with van der Waals surface area (Å²) >= 11 is 0. The van der Waals surface area contributed by atoms with Gasteiger partial charge >= 0.3 is 0 Å². The van der Waals surface area contributed by atoms with E-state index in [0.29, 0.717) is 11.1 Å². The number of nitrogens with zero attached hydrogens (tertiary/aromatic N) is 2. The van der Waals surface area contributed by atoms with Crippen LogP contribution in [0.4, 0.5) is 22.7 Å². The molecular formula is C29H34N6O2. The first-order valence-corrected chi connectivity index (χ1v) is 12.9. The van der Waals surface area contributed by atoms with E-state index >= 15 is 0 Å². The number of anilines is 4. The molecule has 4 N–H and O–H groups in total. The molecule has 2 saturated heterocycles. The summed E-state index contributed by atoms with van der Waals surface area (Å²) in [6.07, 6.45) is 0. The lowest BCUT2D eigenvalue weighted by atomic mass is 10.0. The van der Waals surface area contributed by atoms with Crippen LogP contribution in [0.2, 0.25) is 0 Å². The summed E-state index contributed by atoms with van der Waals surface area (Å²) in [5.41, 5.74) is 5.61. The molecule has 5 rings (SSSR count). The molecule has 3 aromatic rings. The largest absolute Gasteiger partial charge is 0.369 e. The Morgan fingerprint density at radius 3 is 1.57 bits per heavy atom. The van der Waals surface area contributed by atoms with Crippen LogP contribution < -0.4 is 31.1 Å². The van der Waals surface area contributed by atoms with E-state index in [1.807, 2.05) is 55.5 Å². The average molecular weight is 499 g/mol. The van der Waals surface area contributed by atoms with Crippen molar-refractivity contribution in [2.45, 2.75) is 6.92 Å². The Labute approximate surface area is 218 Å². The highest BCUT2D eigenvalue weighted by molar-refractivity contribution is 6.08. The topological polar surface area (TPSA) is 88.7 Å². The van der Waals surface area contributed by atoms with Crippen LogP contribution >= 0.6 is 0 Å². The van der Waals surface area contributed by atoms with Crippen LogP contribution in [0.5, 0.6) is 0 Å². The highest BCUT2D eigenvalue weighted by Crippen LogP contribution is 2.21. The average Bonchev–Trinajstić information content (AvgIpc) is 2.94. The van der Waals surface area contributed by atoms with Crippen LogP contribution in [0.15, 0.2) is 66.7 Å². The molecule has 3 aromatic carbocycles. The number of carbonyl (C=O) groups is 2. The molecule has 2 aliphatic heterocycles. The van der Waals surface area contributed by atoms with Crippen LogP contribution in [-0.2, 0) is 0 Å². The summed E-state index contributed by atoms with van der Waals surface area (Å²) in [6.45, 7) is 9.69. The number of benzene rings is 3. The van der Waals surface area contributed by atoms with Crippen molar-refractivity contribution in [3.8, 4) is 0 Å². The molecule has 0 spiro atoms. The highest BCUT2D eigenvalue weighted by Gasteiger charge is 2.15. The van der Waals surface area contributed by atoms with E-state index in [1.165, 1.54) is 0 Å². The second-order valence-corrected chi connectivity index (χ2v) is 9.51. The normalized spacial score (nSPS) is 15.8.